The van der Waals surface area contributed by atoms with Crippen LogP contribution in [0.25, 0.3) is 0 Å². The molecule has 0 radical (unpaired) electrons. The topological polar surface area (TPSA) is 67.8 Å². The number of hydrogen-bond donors (Lipinski definition) is 2. The van der Waals surface area contributed by atoms with Crippen LogP contribution in [0, 0.1) is 0 Å². The molecule has 0 unspecified atom stereocenters. The molecule has 16 heavy (non-hydrogen) atoms. The minimum atomic E-state index is -0.331. The molecule has 1 saturated carbocycles. The lowest BCUT2D eigenvalue weighted by molar-refractivity contribution is -0.148. The molecule has 1 rings (SSSR count). The van der Waals surface area contributed by atoms with Crippen molar-refractivity contribution in [3.63, 3.8) is 0 Å². The molecule has 0 saturated heterocycles. The molecule has 0 aromatic carbocycles. The molecule has 1 aliphatic rings. The predicted molar refractivity (Wildman–Crippen MR) is 59.1 cm³/mol. The second kappa shape index (κ2) is 6.83. The number of carbonyl (C=O) groups is 1. The lowest BCUT2D eigenvalue weighted by Gasteiger charge is -2.41. The predicted octanol–water partition coefficient (Wildman–Crippen LogP) is 0.0707. The first kappa shape index (κ1) is 13.4. The summed E-state index contributed by atoms with van der Waals surface area (Å²) in [5.74, 6) is -0.331. The van der Waals surface area contributed by atoms with Gasteiger partial charge in [0.05, 0.1) is 19.8 Å². The van der Waals surface area contributed by atoms with Crippen molar-refractivity contribution in [2.75, 3.05) is 33.0 Å². The summed E-state index contributed by atoms with van der Waals surface area (Å²) >= 11 is 0. The van der Waals surface area contributed by atoms with E-state index in [9.17, 15) is 9.90 Å². The molecule has 0 aliphatic heterocycles. The van der Waals surface area contributed by atoms with E-state index in [2.05, 4.69) is 5.32 Å². The van der Waals surface area contributed by atoms with Crippen molar-refractivity contribution >= 4 is 5.97 Å². The van der Waals surface area contributed by atoms with E-state index in [0.717, 1.165) is 19.3 Å². The van der Waals surface area contributed by atoms with Crippen molar-refractivity contribution in [2.24, 2.45) is 0 Å². The first-order valence-electron chi connectivity index (χ1n) is 5.82. The molecule has 5 nitrogen and oxygen atoms in total. The molecular formula is C11H21NO4. The van der Waals surface area contributed by atoms with Crippen LogP contribution in [0.2, 0.25) is 0 Å². The molecule has 94 valence electrons. The molecule has 0 atom stereocenters. The number of carbonyl (C=O) groups excluding carboxylic acids is 1. The van der Waals surface area contributed by atoms with Crippen LogP contribution in [0.4, 0.5) is 0 Å². The SMILES string of the molecule is CCOC(=O)COCCNC1(CO)CCC1. The highest BCUT2D eigenvalue weighted by molar-refractivity contribution is 5.70. The number of hydrogen-bond acceptors (Lipinski definition) is 5. The molecule has 0 bridgehead atoms. The van der Waals surface area contributed by atoms with Gasteiger partial charge in [-0.1, -0.05) is 0 Å². The Morgan fingerprint density at radius 2 is 2.25 bits per heavy atom. The van der Waals surface area contributed by atoms with Crippen LogP contribution in [0.3, 0.4) is 0 Å². The van der Waals surface area contributed by atoms with Crippen LogP contribution >= 0.6 is 0 Å². The Balaban J connectivity index is 1.97. The summed E-state index contributed by atoms with van der Waals surface area (Å²) < 4.78 is 9.86. The Morgan fingerprint density at radius 1 is 1.50 bits per heavy atom. The number of nitrogens with one attached hydrogen (secondary N) is 1. The third-order valence-electron chi connectivity index (χ3n) is 2.88. The van der Waals surface area contributed by atoms with Gasteiger partial charge in [-0.05, 0) is 26.2 Å². The monoisotopic (exact) mass is 231 g/mol. The molecule has 0 amide bonds. The highest BCUT2D eigenvalue weighted by Gasteiger charge is 2.35. The second-order valence-electron chi connectivity index (χ2n) is 4.08. The van der Waals surface area contributed by atoms with E-state index in [4.69, 9.17) is 9.47 Å². The van der Waals surface area contributed by atoms with Gasteiger partial charge in [0.15, 0.2) is 0 Å². The van der Waals surface area contributed by atoms with Gasteiger partial charge >= 0.3 is 5.97 Å². The van der Waals surface area contributed by atoms with Gasteiger partial charge < -0.3 is 19.9 Å². The highest BCUT2D eigenvalue weighted by Crippen LogP contribution is 2.30. The molecule has 0 heterocycles. The van der Waals surface area contributed by atoms with E-state index >= 15 is 0 Å². The minimum absolute atomic E-state index is 0.00163. The third kappa shape index (κ3) is 4.08. The summed E-state index contributed by atoms with van der Waals surface area (Å²) in [6, 6.07) is 0. The Bertz CT molecular complexity index is 211. The summed E-state index contributed by atoms with van der Waals surface area (Å²) in [4.78, 5) is 10.9. The number of esters is 1. The van der Waals surface area contributed by atoms with Crippen molar-refractivity contribution in [3.8, 4) is 0 Å². The van der Waals surface area contributed by atoms with Gasteiger partial charge in [-0.25, -0.2) is 4.79 Å². The average Bonchev–Trinajstić information content (AvgIpc) is 2.21. The van der Waals surface area contributed by atoms with Gasteiger partial charge in [-0.2, -0.15) is 0 Å². The summed E-state index contributed by atoms with van der Waals surface area (Å²) in [6.45, 7) is 3.43. The molecule has 0 spiro atoms. The highest BCUT2D eigenvalue weighted by atomic mass is 16.6. The Labute approximate surface area is 96.1 Å². The van der Waals surface area contributed by atoms with Crippen molar-refractivity contribution < 1.29 is 19.4 Å². The van der Waals surface area contributed by atoms with Crippen LogP contribution < -0.4 is 5.32 Å². The van der Waals surface area contributed by atoms with Crippen LogP contribution in [0.1, 0.15) is 26.2 Å². The van der Waals surface area contributed by atoms with Crippen LogP contribution in [0.15, 0.2) is 0 Å². The van der Waals surface area contributed by atoms with E-state index in [1.807, 2.05) is 0 Å². The molecule has 1 fully saturated rings. The van der Waals surface area contributed by atoms with Crippen LogP contribution in [0.5, 0.6) is 0 Å². The lowest BCUT2D eigenvalue weighted by atomic mass is 9.77. The summed E-state index contributed by atoms with van der Waals surface area (Å²) in [5, 5.41) is 12.4. The summed E-state index contributed by atoms with van der Waals surface area (Å²) in [5.41, 5.74) is -0.0900. The summed E-state index contributed by atoms with van der Waals surface area (Å²) in [6.07, 6.45) is 3.19. The van der Waals surface area contributed by atoms with Gasteiger partial charge in [-0.15, -0.1) is 0 Å². The fourth-order valence-electron chi connectivity index (χ4n) is 1.74. The smallest absolute Gasteiger partial charge is 0.332 e. The van der Waals surface area contributed by atoms with Crippen molar-refractivity contribution in [1.29, 1.82) is 0 Å². The van der Waals surface area contributed by atoms with E-state index in [1.54, 1.807) is 6.92 Å². The van der Waals surface area contributed by atoms with Crippen molar-refractivity contribution in [3.05, 3.63) is 0 Å². The Hall–Kier alpha value is -0.650. The Kier molecular flexibility index (Phi) is 5.73. The maximum atomic E-state index is 10.9. The van der Waals surface area contributed by atoms with Crippen LogP contribution in [-0.4, -0.2) is 49.6 Å². The van der Waals surface area contributed by atoms with E-state index in [1.165, 1.54) is 0 Å². The number of aliphatic hydroxyl groups is 1. The summed E-state index contributed by atoms with van der Waals surface area (Å²) in [7, 11) is 0. The fraction of sp³-hybridized carbons (Fsp3) is 0.909. The maximum Gasteiger partial charge on any atom is 0.332 e. The van der Waals surface area contributed by atoms with E-state index in [-0.39, 0.29) is 24.7 Å². The standard InChI is InChI=1S/C11H21NO4/c1-2-16-10(14)8-15-7-6-12-11(9-13)4-3-5-11/h12-13H,2-9H2,1H3. The average molecular weight is 231 g/mol. The Morgan fingerprint density at radius 3 is 2.75 bits per heavy atom. The maximum absolute atomic E-state index is 10.9. The third-order valence-corrected chi connectivity index (χ3v) is 2.88. The first-order valence-corrected chi connectivity index (χ1v) is 5.82. The molecule has 0 aromatic heterocycles. The zero-order valence-corrected chi connectivity index (χ0v) is 9.83. The number of ether oxygens (including phenoxy) is 2. The largest absolute Gasteiger partial charge is 0.464 e. The molecule has 2 N–H and O–H groups in total. The zero-order chi connectivity index (χ0) is 11.9. The van der Waals surface area contributed by atoms with Gasteiger partial charge in [-0.3, -0.25) is 0 Å². The van der Waals surface area contributed by atoms with Gasteiger partial charge in [0.25, 0.3) is 0 Å². The normalized spacial score (nSPS) is 17.9. The lowest BCUT2D eigenvalue weighted by Crippen LogP contribution is -2.54. The zero-order valence-electron chi connectivity index (χ0n) is 9.83. The van der Waals surface area contributed by atoms with Gasteiger partial charge in [0.1, 0.15) is 6.61 Å². The molecular weight excluding hydrogens is 210 g/mol. The van der Waals surface area contributed by atoms with Crippen LogP contribution in [-0.2, 0) is 14.3 Å². The van der Waals surface area contributed by atoms with E-state index < -0.39 is 0 Å². The minimum Gasteiger partial charge on any atom is -0.464 e. The number of rotatable bonds is 8. The van der Waals surface area contributed by atoms with Crippen molar-refractivity contribution in [2.45, 2.75) is 31.7 Å². The van der Waals surface area contributed by atoms with Gasteiger partial charge in [0, 0.05) is 12.1 Å². The quantitative estimate of drug-likeness (QED) is 0.457. The first-order chi connectivity index (χ1) is 7.72. The van der Waals surface area contributed by atoms with Crippen molar-refractivity contribution in [1.82, 2.24) is 5.32 Å². The number of aliphatic hydroxyl groups excluding tert-OH is 1. The van der Waals surface area contributed by atoms with E-state index in [0.29, 0.717) is 19.8 Å². The van der Waals surface area contributed by atoms with Gasteiger partial charge in [0.2, 0.25) is 0 Å². The molecule has 0 aromatic rings. The fourth-order valence-corrected chi connectivity index (χ4v) is 1.74. The molecule has 1 aliphatic carbocycles. The second-order valence-corrected chi connectivity index (χ2v) is 4.08. The molecule has 5 heteroatoms.